The molecule has 0 bridgehead atoms. The van der Waals surface area contributed by atoms with E-state index in [0.29, 0.717) is 0 Å². The van der Waals surface area contributed by atoms with Gasteiger partial charge in [0.25, 0.3) is 0 Å². The molecular weight excluding hydrogens is 168 g/mol. The highest BCUT2D eigenvalue weighted by Crippen LogP contribution is 2.00. The number of carbonyl (C=O) groups is 1. The first-order valence-corrected chi connectivity index (χ1v) is 4.17. The first-order valence-electron chi connectivity index (χ1n) is 4.17. The molecule has 13 heavy (non-hydrogen) atoms. The fourth-order valence-corrected chi connectivity index (χ4v) is 0.969. The standard InChI is InChI=1S/C9H12N2O2/c1-3-4-7-5-10-8(11-6-7)9(12)13-2/h5-6H,3-4H2,1-2H3. The molecule has 0 saturated heterocycles. The number of ether oxygens (including phenoxy) is 1. The van der Waals surface area contributed by atoms with E-state index in [4.69, 9.17) is 0 Å². The van der Waals surface area contributed by atoms with Gasteiger partial charge in [0.2, 0.25) is 5.82 Å². The summed E-state index contributed by atoms with van der Waals surface area (Å²) in [5, 5.41) is 0. The topological polar surface area (TPSA) is 52.1 Å². The van der Waals surface area contributed by atoms with Gasteiger partial charge in [-0.25, -0.2) is 14.8 Å². The molecule has 0 saturated carbocycles. The Hall–Kier alpha value is -1.45. The van der Waals surface area contributed by atoms with Gasteiger partial charge in [0, 0.05) is 12.4 Å². The number of methoxy groups -OCH3 is 1. The molecule has 0 spiro atoms. The zero-order valence-corrected chi connectivity index (χ0v) is 7.78. The molecule has 1 aromatic heterocycles. The maximum Gasteiger partial charge on any atom is 0.376 e. The van der Waals surface area contributed by atoms with Crippen LogP contribution in [0.1, 0.15) is 29.5 Å². The van der Waals surface area contributed by atoms with E-state index in [1.807, 2.05) is 0 Å². The van der Waals surface area contributed by atoms with Crippen molar-refractivity contribution in [1.29, 1.82) is 0 Å². The number of aromatic nitrogens is 2. The number of carbonyl (C=O) groups excluding carboxylic acids is 1. The third kappa shape index (κ3) is 2.50. The lowest BCUT2D eigenvalue weighted by Crippen LogP contribution is -2.07. The first-order chi connectivity index (χ1) is 6.27. The fraction of sp³-hybridized carbons (Fsp3) is 0.444. The van der Waals surface area contributed by atoms with Crippen molar-refractivity contribution in [3.63, 3.8) is 0 Å². The van der Waals surface area contributed by atoms with Crippen LogP contribution in [0, 0.1) is 0 Å². The van der Waals surface area contributed by atoms with Crippen molar-refractivity contribution in [3.8, 4) is 0 Å². The van der Waals surface area contributed by atoms with Crippen LogP contribution in [0.3, 0.4) is 0 Å². The summed E-state index contributed by atoms with van der Waals surface area (Å²) in [6, 6.07) is 0. The van der Waals surface area contributed by atoms with Crippen LogP contribution in [-0.4, -0.2) is 23.0 Å². The second kappa shape index (κ2) is 4.54. The molecule has 0 unspecified atom stereocenters. The number of hydrogen-bond donors (Lipinski definition) is 0. The average Bonchev–Trinajstić information content (AvgIpc) is 2.18. The van der Waals surface area contributed by atoms with Gasteiger partial charge >= 0.3 is 5.97 Å². The second-order valence-corrected chi connectivity index (χ2v) is 2.66. The molecule has 1 aromatic rings. The van der Waals surface area contributed by atoms with E-state index in [1.54, 1.807) is 12.4 Å². The van der Waals surface area contributed by atoms with E-state index >= 15 is 0 Å². The van der Waals surface area contributed by atoms with Crippen LogP contribution in [0.5, 0.6) is 0 Å². The van der Waals surface area contributed by atoms with Crippen LogP contribution in [0.4, 0.5) is 0 Å². The number of aryl methyl sites for hydroxylation is 1. The molecule has 4 heteroatoms. The lowest BCUT2D eigenvalue weighted by atomic mass is 10.2. The lowest BCUT2D eigenvalue weighted by molar-refractivity contribution is 0.0586. The maximum absolute atomic E-state index is 10.9. The highest BCUT2D eigenvalue weighted by molar-refractivity contribution is 5.84. The highest BCUT2D eigenvalue weighted by atomic mass is 16.5. The molecule has 1 heterocycles. The quantitative estimate of drug-likeness (QED) is 0.656. The normalized spacial score (nSPS) is 9.69. The van der Waals surface area contributed by atoms with E-state index in [0.717, 1.165) is 18.4 Å². The average molecular weight is 180 g/mol. The van der Waals surface area contributed by atoms with Crippen LogP contribution in [0.25, 0.3) is 0 Å². The minimum atomic E-state index is -0.497. The van der Waals surface area contributed by atoms with Crippen LogP contribution in [0.15, 0.2) is 12.4 Å². The summed E-state index contributed by atoms with van der Waals surface area (Å²) < 4.78 is 4.47. The Balaban J connectivity index is 2.75. The smallest absolute Gasteiger partial charge is 0.376 e. The summed E-state index contributed by atoms with van der Waals surface area (Å²) in [5.74, 6) is -0.384. The Morgan fingerprint density at radius 1 is 1.46 bits per heavy atom. The van der Waals surface area contributed by atoms with Gasteiger partial charge in [0.15, 0.2) is 0 Å². The molecule has 0 aliphatic heterocycles. The zero-order chi connectivity index (χ0) is 9.68. The number of nitrogens with zero attached hydrogens (tertiary/aromatic N) is 2. The predicted octanol–water partition coefficient (Wildman–Crippen LogP) is 1.22. The van der Waals surface area contributed by atoms with Gasteiger partial charge in [0.1, 0.15) is 0 Å². The Morgan fingerprint density at radius 2 is 2.08 bits per heavy atom. The molecule has 0 radical (unpaired) electrons. The van der Waals surface area contributed by atoms with Crippen molar-refractivity contribution >= 4 is 5.97 Å². The molecule has 4 nitrogen and oxygen atoms in total. The van der Waals surface area contributed by atoms with Gasteiger partial charge in [-0.2, -0.15) is 0 Å². The van der Waals surface area contributed by atoms with Gasteiger partial charge in [0.05, 0.1) is 7.11 Å². The third-order valence-corrected chi connectivity index (χ3v) is 1.61. The van der Waals surface area contributed by atoms with Crippen molar-refractivity contribution in [2.45, 2.75) is 19.8 Å². The van der Waals surface area contributed by atoms with Crippen LogP contribution < -0.4 is 0 Å². The molecule has 1 rings (SSSR count). The molecule has 0 fully saturated rings. The third-order valence-electron chi connectivity index (χ3n) is 1.61. The van der Waals surface area contributed by atoms with Crippen LogP contribution in [-0.2, 0) is 11.2 Å². The number of esters is 1. The Morgan fingerprint density at radius 3 is 2.54 bits per heavy atom. The van der Waals surface area contributed by atoms with Crippen molar-refractivity contribution in [2.75, 3.05) is 7.11 Å². The van der Waals surface area contributed by atoms with Crippen molar-refractivity contribution < 1.29 is 9.53 Å². The summed E-state index contributed by atoms with van der Waals surface area (Å²) in [6.45, 7) is 2.08. The minimum Gasteiger partial charge on any atom is -0.463 e. The molecule has 0 aromatic carbocycles. The van der Waals surface area contributed by atoms with Crippen molar-refractivity contribution in [3.05, 3.63) is 23.8 Å². The molecule has 0 aliphatic carbocycles. The summed E-state index contributed by atoms with van der Waals surface area (Å²) in [5.41, 5.74) is 1.04. The molecule has 0 amide bonds. The second-order valence-electron chi connectivity index (χ2n) is 2.66. The molecule has 0 atom stereocenters. The first kappa shape index (κ1) is 9.64. The Kier molecular flexibility index (Phi) is 3.37. The van der Waals surface area contributed by atoms with Gasteiger partial charge in [-0.05, 0) is 12.0 Å². The summed E-state index contributed by atoms with van der Waals surface area (Å²) in [4.78, 5) is 18.7. The highest BCUT2D eigenvalue weighted by Gasteiger charge is 2.07. The van der Waals surface area contributed by atoms with E-state index in [-0.39, 0.29) is 5.82 Å². The largest absolute Gasteiger partial charge is 0.463 e. The van der Waals surface area contributed by atoms with Crippen molar-refractivity contribution in [1.82, 2.24) is 9.97 Å². The molecule has 0 aliphatic rings. The van der Waals surface area contributed by atoms with Crippen LogP contribution in [0.2, 0.25) is 0 Å². The monoisotopic (exact) mass is 180 g/mol. The zero-order valence-electron chi connectivity index (χ0n) is 7.78. The molecular formula is C9H12N2O2. The summed E-state index contributed by atoms with van der Waals surface area (Å²) in [6.07, 6.45) is 5.29. The maximum atomic E-state index is 10.9. The summed E-state index contributed by atoms with van der Waals surface area (Å²) >= 11 is 0. The molecule has 70 valence electrons. The molecule has 0 N–H and O–H groups in total. The van der Waals surface area contributed by atoms with Gasteiger partial charge in [-0.3, -0.25) is 0 Å². The summed E-state index contributed by atoms with van der Waals surface area (Å²) in [7, 11) is 1.31. The van der Waals surface area contributed by atoms with Crippen molar-refractivity contribution in [2.24, 2.45) is 0 Å². The SMILES string of the molecule is CCCc1cnc(C(=O)OC)nc1. The van der Waals surface area contributed by atoms with Gasteiger partial charge < -0.3 is 4.74 Å². The Bertz CT molecular complexity index is 282. The van der Waals surface area contributed by atoms with Gasteiger partial charge in [-0.15, -0.1) is 0 Å². The van der Waals surface area contributed by atoms with Gasteiger partial charge in [-0.1, -0.05) is 13.3 Å². The predicted molar refractivity (Wildman–Crippen MR) is 47.4 cm³/mol. The Labute approximate surface area is 77.0 Å². The minimum absolute atomic E-state index is 0.113. The van der Waals surface area contributed by atoms with E-state index in [2.05, 4.69) is 21.6 Å². The van der Waals surface area contributed by atoms with E-state index < -0.39 is 5.97 Å². The lowest BCUT2D eigenvalue weighted by Gasteiger charge is -1.99. The van der Waals surface area contributed by atoms with E-state index in [1.165, 1.54) is 7.11 Å². The van der Waals surface area contributed by atoms with Crippen LogP contribution >= 0.6 is 0 Å². The number of hydrogen-bond acceptors (Lipinski definition) is 4. The van der Waals surface area contributed by atoms with E-state index in [9.17, 15) is 4.79 Å². The number of rotatable bonds is 3. The fourth-order valence-electron chi connectivity index (χ4n) is 0.969.